The smallest absolute Gasteiger partial charge is 0.340 e. The highest BCUT2D eigenvalue weighted by molar-refractivity contribution is 7.12. The Hall–Kier alpha value is -2.53. The number of aromatic nitrogens is 1. The maximum absolute atomic E-state index is 12.5. The summed E-state index contributed by atoms with van der Waals surface area (Å²) in [5.74, 6) is -0.289. The SMILES string of the molecule is Cc1nc2ccccc2c(C)c1C(=O)OCCCC(=O)c1cccs1. The number of carbonyl (C=O) groups excluding carboxylic acids is 2. The number of hydrogen-bond donors (Lipinski definition) is 0. The highest BCUT2D eigenvalue weighted by atomic mass is 32.1. The first kappa shape index (κ1) is 17.3. The van der Waals surface area contributed by atoms with Crippen molar-refractivity contribution in [1.29, 1.82) is 0 Å². The van der Waals surface area contributed by atoms with Gasteiger partial charge in [0.15, 0.2) is 5.78 Å². The van der Waals surface area contributed by atoms with Crippen molar-refractivity contribution in [3.8, 4) is 0 Å². The first-order chi connectivity index (χ1) is 12.1. The molecule has 128 valence electrons. The van der Waals surface area contributed by atoms with Crippen molar-refractivity contribution < 1.29 is 14.3 Å². The molecule has 2 heterocycles. The lowest BCUT2D eigenvalue weighted by Gasteiger charge is -2.12. The number of Topliss-reactive ketones (excluding diaryl/α,β-unsaturated/α-hetero) is 1. The minimum atomic E-state index is -0.378. The molecule has 0 amide bonds. The van der Waals surface area contributed by atoms with E-state index >= 15 is 0 Å². The van der Waals surface area contributed by atoms with Crippen molar-refractivity contribution in [3.63, 3.8) is 0 Å². The maximum Gasteiger partial charge on any atom is 0.340 e. The second-order valence-corrected chi connectivity index (χ2v) is 6.80. The summed E-state index contributed by atoms with van der Waals surface area (Å²) in [6.07, 6.45) is 0.892. The summed E-state index contributed by atoms with van der Waals surface area (Å²) < 4.78 is 5.38. The average molecular weight is 353 g/mol. The van der Waals surface area contributed by atoms with Gasteiger partial charge in [0.25, 0.3) is 0 Å². The Labute approximate surface area is 150 Å². The van der Waals surface area contributed by atoms with E-state index < -0.39 is 0 Å². The zero-order valence-electron chi connectivity index (χ0n) is 14.2. The van der Waals surface area contributed by atoms with Crippen LogP contribution in [0.5, 0.6) is 0 Å². The summed E-state index contributed by atoms with van der Waals surface area (Å²) in [5.41, 5.74) is 2.93. The number of rotatable bonds is 6. The van der Waals surface area contributed by atoms with Gasteiger partial charge in [-0.3, -0.25) is 9.78 Å². The predicted molar refractivity (Wildman–Crippen MR) is 99.4 cm³/mol. The fraction of sp³-hybridized carbons (Fsp3) is 0.250. The van der Waals surface area contributed by atoms with Gasteiger partial charge in [0.05, 0.1) is 28.3 Å². The lowest BCUT2D eigenvalue weighted by Crippen LogP contribution is -2.12. The van der Waals surface area contributed by atoms with Gasteiger partial charge >= 0.3 is 5.97 Å². The van der Waals surface area contributed by atoms with Crippen LogP contribution in [-0.2, 0) is 4.74 Å². The van der Waals surface area contributed by atoms with Gasteiger partial charge in [0.2, 0.25) is 0 Å². The lowest BCUT2D eigenvalue weighted by molar-refractivity contribution is 0.0492. The van der Waals surface area contributed by atoms with E-state index in [0.29, 0.717) is 24.1 Å². The summed E-state index contributed by atoms with van der Waals surface area (Å²) in [6, 6.07) is 11.4. The fourth-order valence-electron chi connectivity index (χ4n) is 2.86. The molecule has 0 fully saturated rings. The summed E-state index contributed by atoms with van der Waals surface area (Å²) >= 11 is 1.43. The minimum Gasteiger partial charge on any atom is -0.462 e. The number of fused-ring (bicyclic) bond motifs is 1. The molecule has 0 radical (unpaired) electrons. The number of carbonyl (C=O) groups is 2. The molecule has 2 aromatic heterocycles. The molecule has 0 unspecified atom stereocenters. The predicted octanol–water partition coefficient (Wildman–Crippen LogP) is 4.73. The van der Waals surface area contributed by atoms with Crippen molar-refractivity contribution in [2.75, 3.05) is 6.61 Å². The van der Waals surface area contributed by atoms with E-state index in [2.05, 4.69) is 4.98 Å². The Balaban J connectivity index is 1.63. The quantitative estimate of drug-likeness (QED) is 0.365. The molecule has 1 aromatic carbocycles. The topological polar surface area (TPSA) is 56.3 Å². The molecule has 3 aromatic rings. The fourth-order valence-corrected chi connectivity index (χ4v) is 3.56. The molecular weight excluding hydrogens is 334 g/mol. The Kier molecular flexibility index (Phi) is 5.24. The van der Waals surface area contributed by atoms with Gasteiger partial charge in [-0.25, -0.2) is 4.79 Å². The molecular formula is C20H19NO3S. The third-order valence-electron chi connectivity index (χ3n) is 4.11. The van der Waals surface area contributed by atoms with Crippen LogP contribution >= 0.6 is 11.3 Å². The number of benzene rings is 1. The summed E-state index contributed by atoms with van der Waals surface area (Å²) in [4.78, 5) is 29.6. The molecule has 0 N–H and O–H groups in total. The van der Waals surface area contributed by atoms with Crippen LogP contribution in [0.4, 0.5) is 0 Å². The second kappa shape index (κ2) is 7.57. The average Bonchev–Trinajstić information content (AvgIpc) is 3.13. The van der Waals surface area contributed by atoms with Gasteiger partial charge in [-0.2, -0.15) is 0 Å². The zero-order chi connectivity index (χ0) is 17.8. The van der Waals surface area contributed by atoms with Crippen LogP contribution in [-0.4, -0.2) is 23.3 Å². The normalized spacial score (nSPS) is 10.8. The number of esters is 1. The van der Waals surface area contributed by atoms with Gasteiger partial charge in [0.1, 0.15) is 0 Å². The third kappa shape index (κ3) is 3.77. The number of ether oxygens (including phenoxy) is 1. The zero-order valence-corrected chi connectivity index (χ0v) is 15.1. The molecule has 0 bridgehead atoms. The molecule has 25 heavy (non-hydrogen) atoms. The maximum atomic E-state index is 12.5. The van der Waals surface area contributed by atoms with E-state index in [0.717, 1.165) is 21.3 Å². The monoisotopic (exact) mass is 353 g/mol. The number of pyridine rings is 1. The summed E-state index contributed by atoms with van der Waals surface area (Å²) in [6.45, 7) is 3.95. The molecule has 4 nitrogen and oxygen atoms in total. The number of nitrogens with zero attached hydrogens (tertiary/aromatic N) is 1. The van der Waals surface area contributed by atoms with E-state index in [1.807, 2.05) is 55.6 Å². The molecule has 0 aliphatic rings. The van der Waals surface area contributed by atoms with E-state index in [-0.39, 0.29) is 18.4 Å². The largest absolute Gasteiger partial charge is 0.462 e. The van der Waals surface area contributed by atoms with Crippen molar-refractivity contribution in [2.45, 2.75) is 26.7 Å². The molecule has 0 saturated heterocycles. The molecule has 5 heteroatoms. The lowest BCUT2D eigenvalue weighted by atomic mass is 10.0. The van der Waals surface area contributed by atoms with Crippen molar-refractivity contribution >= 4 is 34.0 Å². The molecule has 0 spiro atoms. The molecule has 0 atom stereocenters. The third-order valence-corrected chi connectivity index (χ3v) is 5.03. The van der Waals surface area contributed by atoms with Crippen molar-refractivity contribution in [3.05, 3.63) is 63.5 Å². The Morgan fingerprint density at radius 2 is 1.92 bits per heavy atom. The van der Waals surface area contributed by atoms with Gasteiger partial charge < -0.3 is 4.74 Å². The molecule has 0 saturated carbocycles. The minimum absolute atomic E-state index is 0.0887. The standard InChI is InChI=1S/C20H19NO3S/c1-13-15-7-3-4-8-16(15)21-14(2)19(13)20(23)24-11-5-9-17(22)18-10-6-12-25-18/h3-4,6-8,10,12H,5,9,11H2,1-2H3. The van der Waals surface area contributed by atoms with E-state index in [4.69, 9.17) is 4.74 Å². The highest BCUT2D eigenvalue weighted by Gasteiger charge is 2.17. The van der Waals surface area contributed by atoms with Crippen molar-refractivity contribution in [1.82, 2.24) is 4.98 Å². The van der Waals surface area contributed by atoms with E-state index in [9.17, 15) is 9.59 Å². The Morgan fingerprint density at radius 3 is 2.68 bits per heavy atom. The van der Waals surface area contributed by atoms with Crippen LogP contribution < -0.4 is 0 Å². The van der Waals surface area contributed by atoms with E-state index in [1.54, 1.807) is 0 Å². The van der Waals surface area contributed by atoms with Crippen LogP contribution in [0.3, 0.4) is 0 Å². The number of para-hydroxylation sites is 1. The van der Waals surface area contributed by atoms with Crippen LogP contribution in [0.25, 0.3) is 10.9 Å². The first-order valence-electron chi connectivity index (χ1n) is 8.17. The highest BCUT2D eigenvalue weighted by Crippen LogP contribution is 2.23. The van der Waals surface area contributed by atoms with Gasteiger partial charge in [-0.05, 0) is 43.3 Å². The number of aryl methyl sites for hydroxylation is 2. The number of thiophene rings is 1. The first-order valence-corrected chi connectivity index (χ1v) is 9.05. The molecule has 3 rings (SSSR count). The van der Waals surface area contributed by atoms with Crippen LogP contribution in [0, 0.1) is 13.8 Å². The van der Waals surface area contributed by atoms with Gasteiger partial charge in [-0.15, -0.1) is 11.3 Å². The van der Waals surface area contributed by atoms with E-state index in [1.165, 1.54) is 11.3 Å². The summed E-state index contributed by atoms with van der Waals surface area (Å²) in [5, 5.41) is 2.83. The van der Waals surface area contributed by atoms with Crippen LogP contribution in [0.2, 0.25) is 0 Å². The Bertz CT molecular complexity index is 916. The van der Waals surface area contributed by atoms with Crippen LogP contribution in [0.15, 0.2) is 41.8 Å². The van der Waals surface area contributed by atoms with Gasteiger partial charge in [0, 0.05) is 11.8 Å². The second-order valence-electron chi connectivity index (χ2n) is 5.85. The summed E-state index contributed by atoms with van der Waals surface area (Å²) in [7, 11) is 0. The Morgan fingerprint density at radius 1 is 1.12 bits per heavy atom. The molecule has 0 aliphatic heterocycles. The number of ketones is 1. The van der Waals surface area contributed by atoms with Crippen molar-refractivity contribution in [2.24, 2.45) is 0 Å². The molecule has 0 aliphatic carbocycles. The van der Waals surface area contributed by atoms with Crippen LogP contribution in [0.1, 0.15) is 44.1 Å². The van der Waals surface area contributed by atoms with Gasteiger partial charge in [-0.1, -0.05) is 24.3 Å². The number of hydrogen-bond acceptors (Lipinski definition) is 5.